The van der Waals surface area contributed by atoms with Gasteiger partial charge in [-0.1, -0.05) is 37.6 Å². The molecule has 0 heterocycles. The van der Waals surface area contributed by atoms with Crippen LogP contribution in [0.1, 0.15) is 25.0 Å². The molecule has 0 saturated heterocycles. The van der Waals surface area contributed by atoms with E-state index in [0.717, 1.165) is 5.56 Å². The first kappa shape index (κ1) is 20.5. The molecule has 0 saturated carbocycles. The van der Waals surface area contributed by atoms with Crippen molar-refractivity contribution >= 4 is 15.9 Å². The van der Waals surface area contributed by atoms with E-state index in [1.165, 1.54) is 25.3 Å². The molecular weight excluding hydrogens is 362 g/mol. The third-order valence-electron chi connectivity index (χ3n) is 3.79. The summed E-state index contributed by atoms with van der Waals surface area (Å²) in [4.78, 5) is -0.239. The minimum atomic E-state index is -3.89. The SMILES string of the molecule is COc1ccc(/C=C(\C#N)S(=O)(=O)c2ccc(C)cc2)cc1OCC(C)C. The molecular formula is C21H23NO4S. The minimum Gasteiger partial charge on any atom is -0.493 e. The highest BCUT2D eigenvalue weighted by Crippen LogP contribution is 2.30. The maximum atomic E-state index is 12.8. The van der Waals surface area contributed by atoms with Crippen molar-refractivity contribution in [1.82, 2.24) is 0 Å². The molecule has 0 aromatic heterocycles. The second-order valence-corrected chi connectivity index (χ2v) is 8.47. The van der Waals surface area contributed by atoms with E-state index in [1.807, 2.05) is 20.8 Å². The molecule has 2 aromatic carbocycles. The van der Waals surface area contributed by atoms with E-state index in [4.69, 9.17) is 9.47 Å². The van der Waals surface area contributed by atoms with Gasteiger partial charge in [0, 0.05) is 0 Å². The van der Waals surface area contributed by atoms with Gasteiger partial charge in [0.2, 0.25) is 9.84 Å². The summed E-state index contributed by atoms with van der Waals surface area (Å²) in [6.07, 6.45) is 1.34. The lowest BCUT2D eigenvalue weighted by atomic mass is 10.2. The third kappa shape index (κ3) is 5.11. The number of sulfone groups is 1. The third-order valence-corrected chi connectivity index (χ3v) is 5.47. The summed E-state index contributed by atoms with van der Waals surface area (Å²) < 4.78 is 36.5. The molecule has 0 aliphatic carbocycles. The van der Waals surface area contributed by atoms with Gasteiger partial charge in [0.25, 0.3) is 0 Å². The van der Waals surface area contributed by atoms with E-state index in [-0.39, 0.29) is 9.80 Å². The van der Waals surface area contributed by atoms with Crippen molar-refractivity contribution in [1.29, 1.82) is 5.26 Å². The van der Waals surface area contributed by atoms with Crippen molar-refractivity contribution in [3.63, 3.8) is 0 Å². The van der Waals surface area contributed by atoms with Crippen LogP contribution in [0.25, 0.3) is 6.08 Å². The lowest BCUT2D eigenvalue weighted by Gasteiger charge is -2.13. The van der Waals surface area contributed by atoms with Gasteiger partial charge < -0.3 is 9.47 Å². The molecule has 5 nitrogen and oxygen atoms in total. The Morgan fingerprint density at radius 3 is 2.37 bits per heavy atom. The summed E-state index contributed by atoms with van der Waals surface area (Å²) in [6, 6.07) is 13.3. The number of hydrogen-bond donors (Lipinski definition) is 0. The fourth-order valence-corrected chi connectivity index (χ4v) is 3.48. The van der Waals surface area contributed by atoms with Gasteiger partial charge in [0.05, 0.1) is 18.6 Å². The van der Waals surface area contributed by atoms with Crippen LogP contribution in [-0.4, -0.2) is 22.1 Å². The van der Waals surface area contributed by atoms with Gasteiger partial charge in [-0.05, 0) is 48.7 Å². The summed E-state index contributed by atoms with van der Waals surface area (Å²) in [6.45, 7) is 6.42. The first-order valence-electron chi connectivity index (χ1n) is 8.52. The summed E-state index contributed by atoms with van der Waals surface area (Å²) in [5, 5.41) is 9.43. The van der Waals surface area contributed by atoms with E-state index in [0.29, 0.717) is 29.6 Å². The fourth-order valence-electron chi connectivity index (χ4n) is 2.32. The normalized spacial score (nSPS) is 11.9. The summed E-state index contributed by atoms with van der Waals surface area (Å²) in [5.41, 5.74) is 1.49. The molecule has 0 amide bonds. The first-order valence-corrected chi connectivity index (χ1v) is 10.0. The zero-order valence-electron chi connectivity index (χ0n) is 15.9. The van der Waals surface area contributed by atoms with E-state index in [2.05, 4.69) is 0 Å². The molecule has 6 heteroatoms. The Kier molecular flexibility index (Phi) is 6.65. The highest BCUT2D eigenvalue weighted by molar-refractivity contribution is 7.95. The lowest BCUT2D eigenvalue weighted by molar-refractivity contribution is 0.257. The zero-order chi connectivity index (χ0) is 20.0. The van der Waals surface area contributed by atoms with Gasteiger partial charge in [-0.15, -0.1) is 0 Å². The maximum Gasteiger partial charge on any atom is 0.216 e. The number of methoxy groups -OCH3 is 1. The molecule has 0 unspecified atom stereocenters. The van der Waals surface area contributed by atoms with Gasteiger partial charge >= 0.3 is 0 Å². The number of benzene rings is 2. The molecule has 0 N–H and O–H groups in total. The van der Waals surface area contributed by atoms with Crippen LogP contribution in [0.5, 0.6) is 11.5 Å². The largest absolute Gasteiger partial charge is 0.493 e. The highest BCUT2D eigenvalue weighted by Gasteiger charge is 2.21. The van der Waals surface area contributed by atoms with Crippen molar-refractivity contribution in [3.8, 4) is 17.6 Å². The Balaban J connectivity index is 2.43. The smallest absolute Gasteiger partial charge is 0.216 e. The van der Waals surface area contributed by atoms with Crippen molar-refractivity contribution in [2.75, 3.05) is 13.7 Å². The molecule has 0 bridgehead atoms. The van der Waals surface area contributed by atoms with Crippen LogP contribution in [0.15, 0.2) is 52.3 Å². The Morgan fingerprint density at radius 1 is 1.15 bits per heavy atom. The quantitative estimate of drug-likeness (QED) is 0.661. The molecule has 0 fully saturated rings. The number of nitriles is 1. The number of aryl methyl sites for hydroxylation is 1. The lowest BCUT2D eigenvalue weighted by Crippen LogP contribution is -2.06. The van der Waals surface area contributed by atoms with E-state index >= 15 is 0 Å². The van der Waals surface area contributed by atoms with E-state index < -0.39 is 9.84 Å². The van der Waals surface area contributed by atoms with Crippen LogP contribution >= 0.6 is 0 Å². The van der Waals surface area contributed by atoms with Crippen LogP contribution in [-0.2, 0) is 9.84 Å². The second kappa shape index (κ2) is 8.74. The molecule has 2 rings (SSSR count). The molecule has 0 spiro atoms. The summed E-state index contributed by atoms with van der Waals surface area (Å²) >= 11 is 0. The maximum absolute atomic E-state index is 12.8. The molecule has 0 atom stereocenters. The second-order valence-electron chi connectivity index (χ2n) is 6.55. The molecule has 0 radical (unpaired) electrons. The van der Waals surface area contributed by atoms with Crippen LogP contribution in [0.2, 0.25) is 0 Å². The summed E-state index contributed by atoms with van der Waals surface area (Å²) in [7, 11) is -2.36. The average Bonchev–Trinajstić information content (AvgIpc) is 2.64. The minimum absolute atomic E-state index is 0.0886. The number of allylic oxidation sites excluding steroid dienone is 1. The molecule has 2 aromatic rings. The van der Waals surface area contributed by atoms with E-state index in [1.54, 1.807) is 36.4 Å². The Morgan fingerprint density at radius 2 is 1.81 bits per heavy atom. The number of ether oxygens (including phenoxy) is 2. The van der Waals surface area contributed by atoms with Crippen LogP contribution in [0, 0.1) is 24.2 Å². The topological polar surface area (TPSA) is 76.4 Å². The highest BCUT2D eigenvalue weighted by atomic mass is 32.2. The van der Waals surface area contributed by atoms with Crippen LogP contribution < -0.4 is 9.47 Å². The molecule has 27 heavy (non-hydrogen) atoms. The van der Waals surface area contributed by atoms with Crippen LogP contribution in [0.3, 0.4) is 0 Å². The van der Waals surface area contributed by atoms with Crippen molar-refractivity contribution in [2.24, 2.45) is 5.92 Å². The number of rotatable bonds is 7. The molecule has 142 valence electrons. The molecule has 0 aliphatic rings. The zero-order valence-corrected chi connectivity index (χ0v) is 16.7. The predicted molar refractivity (Wildman–Crippen MR) is 105 cm³/mol. The number of hydrogen-bond acceptors (Lipinski definition) is 5. The Labute approximate surface area is 160 Å². The van der Waals surface area contributed by atoms with Gasteiger partial charge in [-0.2, -0.15) is 5.26 Å². The first-order chi connectivity index (χ1) is 12.8. The van der Waals surface area contributed by atoms with Gasteiger partial charge in [0.15, 0.2) is 11.5 Å². The fraction of sp³-hybridized carbons (Fsp3) is 0.286. The van der Waals surface area contributed by atoms with Crippen molar-refractivity contribution < 1.29 is 17.9 Å². The number of nitrogens with zero attached hydrogens (tertiary/aromatic N) is 1. The Hall–Kier alpha value is -2.78. The monoisotopic (exact) mass is 385 g/mol. The van der Waals surface area contributed by atoms with Gasteiger partial charge in [-0.25, -0.2) is 8.42 Å². The van der Waals surface area contributed by atoms with E-state index in [9.17, 15) is 13.7 Å². The average molecular weight is 385 g/mol. The van der Waals surface area contributed by atoms with Crippen molar-refractivity contribution in [2.45, 2.75) is 25.7 Å². The summed E-state index contributed by atoms with van der Waals surface area (Å²) in [5.74, 6) is 1.38. The van der Waals surface area contributed by atoms with Crippen LogP contribution in [0.4, 0.5) is 0 Å². The Bertz CT molecular complexity index is 968. The molecule has 0 aliphatic heterocycles. The van der Waals surface area contributed by atoms with Crippen molar-refractivity contribution in [3.05, 3.63) is 58.5 Å². The van der Waals surface area contributed by atoms with Gasteiger partial charge in [0.1, 0.15) is 11.0 Å². The standard InChI is InChI=1S/C21H23NO4S/c1-15(2)14-26-21-12-17(7-10-20(21)25-4)11-19(13-22)27(23,24)18-8-5-16(3)6-9-18/h5-12,15H,14H2,1-4H3/b19-11+. The predicted octanol–water partition coefficient (Wildman–Crippen LogP) is 4.38. The van der Waals surface area contributed by atoms with Gasteiger partial charge in [-0.3, -0.25) is 0 Å².